The molecule has 6 aliphatic rings. The molecule has 3 N–H and O–H groups in total. The Hall–Kier alpha value is -6.15. The number of piperazine rings is 1. The number of cyclic esters (lactones) is 1. The van der Waals surface area contributed by atoms with Gasteiger partial charge in [-0.25, -0.2) is 9.78 Å². The van der Waals surface area contributed by atoms with Gasteiger partial charge < -0.3 is 72.5 Å². The van der Waals surface area contributed by atoms with Crippen LogP contribution in [0.5, 0.6) is 5.75 Å². The molecule has 1 aliphatic carbocycles. The molecule has 101 heavy (non-hydrogen) atoms. The topological polar surface area (TPSA) is 264 Å². The third-order valence-electron chi connectivity index (χ3n) is 21.0. The molecule has 0 spiro atoms. The summed E-state index contributed by atoms with van der Waals surface area (Å²) in [5.41, 5.74) is 3.09. The van der Waals surface area contributed by atoms with Crippen molar-refractivity contribution in [3.8, 4) is 5.75 Å². The monoisotopic (exact) mass is 1440 g/mol. The number of esters is 1. The van der Waals surface area contributed by atoms with Crippen molar-refractivity contribution in [2.45, 2.75) is 205 Å². The fourth-order valence-electron chi connectivity index (χ4n) is 14.7. The first-order valence-electron chi connectivity index (χ1n) is 35.8. The van der Waals surface area contributed by atoms with Crippen molar-refractivity contribution in [1.29, 1.82) is 0 Å². The van der Waals surface area contributed by atoms with Gasteiger partial charge in [-0.2, -0.15) is 0 Å². The number of ketones is 3. The summed E-state index contributed by atoms with van der Waals surface area (Å²) in [6.45, 7) is 18.5. The van der Waals surface area contributed by atoms with Crippen LogP contribution in [0.1, 0.15) is 138 Å². The second kappa shape index (κ2) is 37.5. The van der Waals surface area contributed by atoms with E-state index in [4.69, 9.17) is 61.1 Å². The van der Waals surface area contributed by atoms with Crippen molar-refractivity contribution in [3.05, 3.63) is 124 Å². The van der Waals surface area contributed by atoms with Gasteiger partial charge in [0.25, 0.3) is 11.7 Å². The van der Waals surface area contributed by atoms with Gasteiger partial charge in [0.15, 0.2) is 5.78 Å². The molecule has 1 saturated carbocycles. The lowest BCUT2D eigenvalue weighted by atomic mass is 9.78. The Balaban J connectivity index is 0.000000301. The van der Waals surface area contributed by atoms with Gasteiger partial charge in [-0.15, -0.1) is 0 Å². The molecule has 6 heterocycles. The minimum absolute atomic E-state index is 0.0193. The van der Waals surface area contributed by atoms with E-state index < -0.39 is 89.7 Å². The molecular formula is C77H107Cl2N5O17. The number of aliphatic hydroxyl groups excluding tert-OH is 2. The molecule has 2 bridgehead atoms. The van der Waals surface area contributed by atoms with E-state index in [0.29, 0.717) is 98.7 Å². The lowest BCUT2D eigenvalue weighted by Crippen LogP contribution is -2.61. The summed E-state index contributed by atoms with van der Waals surface area (Å²) in [6, 6.07) is 12.2. The van der Waals surface area contributed by atoms with E-state index in [0.717, 1.165) is 49.6 Å². The van der Waals surface area contributed by atoms with Crippen LogP contribution in [-0.4, -0.2) is 198 Å². The Bertz CT molecular complexity index is 3380. The summed E-state index contributed by atoms with van der Waals surface area (Å²) >= 11 is 12.7. The lowest BCUT2D eigenvalue weighted by molar-refractivity contribution is -0.265. The smallest absolute Gasteiger partial charge is 0.329 e. The van der Waals surface area contributed by atoms with Crippen LogP contribution in [0.4, 0.5) is 5.69 Å². The second-order valence-electron chi connectivity index (χ2n) is 28.6. The number of anilines is 1. The zero-order valence-corrected chi connectivity index (χ0v) is 62.1. The number of rotatable bonds is 13. The number of aromatic nitrogens is 2. The number of aliphatic hydroxyl groups is 3. The van der Waals surface area contributed by atoms with E-state index in [-0.39, 0.29) is 66.8 Å². The second-order valence-corrected chi connectivity index (χ2v) is 29.4. The van der Waals surface area contributed by atoms with E-state index in [1.807, 2.05) is 104 Å². The maximum atomic E-state index is 14.4. The van der Waals surface area contributed by atoms with Gasteiger partial charge in [0.2, 0.25) is 17.5 Å². The maximum Gasteiger partial charge on any atom is 0.329 e. The summed E-state index contributed by atoms with van der Waals surface area (Å²) in [4.78, 5) is 91.6. The first-order valence-corrected chi connectivity index (χ1v) is 36.6. The SMILES string of the molecule is CC(=O)N1CCN(c2ccc(OC[C@H]3CO[C@](Cn4ccnc4)(c4ccc(Cl)cc4Cl)O3)cc2)CC1.CO[C@H]1C[C@@H]2CC[C@@H](C)[C@@](O)(O2)C(=O)C(=O)N2CCCC[C@H]2C(=O)O[C@H]([C@H](C)C[C@@H]2CC[C@@H](O)[C@H](OC)C2)CC(=O)[C@H](C)/C=C(\C)[C@@H](O)[C@@H](OC)C(=O)[C@H](C)C[C@H](C)\C=C/C=C/C=C/1C. The average molecular weight is 1450 g/mol. The number of amides is 2. The number of carbonyl (C=O) groups excluding carboxylic acids is 6. The predicted octanol–water partition coefficient (Wildman–Crippen LogP) is 10.4. The Morgan fingerprint density at radius 2 is 1.56 bits per heavy atom. The Labute approximate surface area is 605 Å². The van der Waals surface area contributed by atoms with Crippen molar-refractivity contribution >= 4 is 64.0 Å². The summed E-state index contributed by atoms with van der Waals surface area (Å²) < 4.78 is 50.0. The number of hydrogen-bond donors (Lipinski definition) is 3. The molecule has 0 radical (unpaired) electrons. The van der Waals surface area contributed by atoms with Gasteiger partial charge in [-0.1, -0.05) is 100 Å². The fraction of sp³-hybridized carbons (Fsp3) is 0.623. The molecule has 1 aromatic heterocycles. The summed E-state index contributed by atoms with van der Waals surface area (Å²) in [5, 5.41) is 34.9. The molecule has 9 rings (SSSR count). The zero-order chi connectivity index (χ0) is 73.3. The fourth-order valence-corrected chi connectivity index (χ4v) is 15.3. The number of hydrogen-bond acceptors (Lipinski definition) is 19. The van der Waals surface area contributed by atoms with Gasteiger partial charge in [0.1, 0.15) is 48.6 Å². The number of carbonyl (C=O) groups is 6. The standard InChI is InChI=1S/C51H79NO13.C26H28Cl2N4O4/c1-30-16-12-11-13-17-31(2)42(61-8)28-38-21-19-36(7)51(60,65-38)48(57)49(58)52-23-15-14-18-39(52)50(59)64-43(33(4)26-37-20-22-40(53)44(27-37)62-9)29-41(54)32(3)25-35(6)46(56)47(63-10)45(55)34(5)24-30;1-19(33)31-10-12-32(13-11-31)21-3-5-22(6-4-21)34-15-23-16-35-26(36-23,17-30-9-8-29-18-30)24-7-2-20(27)14-25(24)28/h11-13,16-17,25,30,32-34,36-40,42-44,46-47,53,56,60H,14-15,18-24,26-29H2,1-10H3;2-9,14,18,23H,10-13,15-17H2,1H3/b13-11+,16-12-,31-17+,35-25+;/t30-,32-,33-,34-,36-,37+,38+,39+,40-,42+,43+,44-,46-,47+,51-;23-,26-/m10/s1. The number of halogens is 2. The van der Waals surface area contributed by atoms with Crippen LogP contribution in [0, 0.1) is 35.5 Å². The summed E-state index contributed by atoms with van der Waals surface area (Å²) in [5.74, 6) is -8.16. The maximum absolute atomic E-state index is 14.4. The molecule has 4 saturated heterocycles. The van der Waals surface area contributed by atoms with Gasteiger partial charge in [-0.3, -0.25) is 24.0 Å². The van der Waals surface area contributed by atoms with Crippen LogP contribution in [0.25, 0.3) is 0 Å². The Kier molecular flexibility index (Phi) is 29.9. The average Bonchev–Trinajstić information content (AvgIpc) is 1.76. The number of benzene rings is 2. The molecule has 24 heteroatoms. The molecule has 3 aromatic rings. The first-order chi connectivity index (χ1) is 48.2. The Morgan fingerprint density at radius 3 is 2.24 bits per heavy atom. The van der Waals surface area contributed by atoms with Crippen LogP contribution >= 0.6 is 23.2 Å². The van der Waals surface area contributed by atoms with E-state index in [9.17, 15) is 44.1 Å². The van der Waals surface area contributed by atoms with Crippen LogP contribution in [0.15, 0.2) is 109 Å². The highest BCUT2D eigenvalue weighted by atomic mass is 35.5. The number of ether oxygens (including phenoxy) is 8. The summed E-state index contributed by atoms with van der Waals surface area (Å²) in [7, 11) is 4.52. The van der Waals surface area contributed by atoms with Gasteiger partial charge in [-0.05, 0) is 143 Å². The molecule has 0 unspecified atom stereocenters. The van der Waals surface area contributed by atoms with Gasteiger partial charge >= 0.3 is 5.97 Å². The van der Waals surface area contributed by atoms with Crippen molar-refractivity contribution in [2.24, 2.45) is 35.5 Å². The molecule has 2 amide bonds. The highest BCUT2D eigenvalue weighted by Gasteiger charge is 2.53. The van der Waals surface area contributed by atoms with Crippen LogP contribution in [-0.2, 0) is 74.3 Å². The van der Waals surface area contributed by atoms with Crippen molar-refractivity contribution in [2.75, 3.05) is 72.2 Å². The third kappa shape index (κ3) is 21.3. The van der Waals surface area contributed by atoms with Crippen LogP contribution < -0.4 is 9.64 Å². The highest BCUT2D eigenvalue weighted by molar-refractivity contribution is 6.39. The van der Waals surface area contributed by atoms with Crippen molar-refractivity contribution < 1.29 is 82.0 Å². The number of methoxy groups -OCH3 is 3. The van der Waals surface area contributed by atoms with E-state index in [1.54, 1.807) is 72.6 Å². The Morgan fingerprint density at radius 1 is 0.822 bits per heavy atom. The predicted molar refractivity (Wildman–Crippen MR) is 383 cm³/mol. The third-order valence-corrected chi connectivity index (χ3v) is 21.5. The van der Waals surface area contributed by atoms with Crippen molar-refractivity contribution in [1.82, 2.24) is 19.4 Å². The quantitative estimate of drug-likeness (QED) is 0.0816. The molecule has 17 atom stereocenters. The number of nitrogens with zero attached hydrogens (tertiary/aromatic N) is 5. The number of imidazole rings is 1. The zero-order valence-electron chi connectivity index (χ0n) is 60.6. The highest BCUT2D eigenvalue weighted by Crippen LogP contribution is 2.42. The molecular weight excluding hydrogens is 1340 g/mol. The lowest BCUT2D eigenvalue weighted by Gasteiger charge is -2.42. The van der Waals surface area contributed by atoms with Crippen LogP contribution in [0.2, 0.25) is 10.0 Å². The van der Waals surface area contributed by atoms with E-state index in [1.165, 1.54) is 12.0 Å². The van der Waals surface area contributed by atoms with Crippen LogP contribution in [0.3, 0.4) is 0 Å². The first kappa shape index (κ1) is 80.5. The number of allylic oxidation sites excluding steroid dienone is 6. The van der Waals surface area contributed by atoms with Gasteiger partial charge in [0.05, 0.1) is 48.9 Å². The molecule has 556 valence electrons. The molecule has 2 aromatic carbocycles. The number of piperidine rings is 1. The van der Waals surface area contributed by atoms with E-state index in [2.05, 4.69) is 9.88 Å². The molecule has 22 nitrogen and oxygen atoms in total. The van der Waals surface area contributed by atoms with Gasteiger partial charge in [0, 0.05) is 120 Å². The minimum Gasteiger partial charge on any atom is -0.491 e. The van der Waals surface area contributed by atoms with Crippen molar-refractivity contribution in [3.63, 3.8) is 0 Å². The normalized spacial score (nSPS) is 33.9. The van der Waals surface area contributed by atoms with E-state index >= 15 is 0 Å². The minimum atomic E-state index is -2.43. The summed E-state index contributed by atoms with van der Waals surface area (Å²) in [6.07, 6.45) is 16.2. The largest absolute Gasteiger partial charge is 0.491 e. The number of fused-ring (bicyclic) bond motifs is 3. The number of Topliss-reactive ketones (excluding diaryl/α,β-unsaturated/α-hetero) is 3. The molecule has 5 fully saturated rings. The molecule has 5 aliphatic heterocycles.